The number of hydrogen-bond donors (Lipinski definition) is 3. The highest BCUT2D eigenvalue weighted by Crippen LogP contribution is 2.11. The number of nitrogens with two attached hydrogens (primary N) is 2. The van der Waals surface area contributed by atoms with Crippen molar-refractivity contribution in [3.05, 3.63) is 45.9 Å². The summed E-state index contributed by atoms with van der Waals surface area (Å²) in [5.74, 6) is -0.231. The average Bonchev–Trinajstić information content (AvgIpc) is 2.96. The maximum atomic E-state index is 11.9. The van der Waals surface area contributed by atoms with Crippen molar-refractivity contribution in [2.24, 2.45) is 10.9 Å². The first kappa shape index (κ1) is 20.5. The van der Waals surface area contributed by atoms with E-state index in [0.717, 1.165) is 10.6 Å². The number of halogens is 1. The van der Waals surface area contributed by atoms with E-state index < -0.39 is 10.0 Å². The molecule has 1 aromatic heterocycles. The zero-order valence-corrected chi connectivity index (χ0v) is 15.2. The molecule has 0 atom stereocenters. The molecular weight excluding hydrogens is 372 g/mol. The normalized spacial score (nSPS) is 10.9. The summed E-state index contributed by atoms with van der Waals surface area (Å²) in [4.78, 5) is 16.2. The van der Waals surface area contributed by atoms with Gasteiger partial charge in [-0.1, -0.05) is 12.1 Å². The molecule has 0 aliphatic rings. The summed E-state index contributed by atoms with van der Waals surface area (Å²) >= 11 is 1.42. The molecule has 0 radical (unpaired) electrons. The molecule has 0 aliphatic heterocycles. The Morgan fingerprint density at radius 1 is 1.21 bits per heavy atom. The summed E-state index contributed by atoms with van der Waals surface area (Å²) in [6, 6.07) is 6.25. The Kier molecular flexibility index (Phi) is 7.77. The van der Waals surface area contributed by atoms with Gasteiger partial charge in [-0.15, -0.1) is 23.7 Å². The van der Waals surface area contributed by atoms with Crippen LogP contribution in [0.25, 0.3) is 0 Å². The molecule has 24 heavy (non-hydrogen) atoms. The number of nitrogens with zero attached hydrogens (tertiary/aromatic N) is 1. The largest absolute Gasteiger partial charge is 0.350 e. The number of amides is 1. The van der Waals surface area contributed by atoms with Gasteiger partial charge in [0.15, 0.2) is 0 Å². The molecule has 2 rings (SSSR count). The smallest absolute Gasteiger partial charge is 0.270 e. The van der Waals surface area contributed by atoms with E-state index in [1.54, 1.807) is 17.5 Å². The first-order valence-corrected chi connectivity index (χ1v) is 9.37. The fourth-order valence-electron chi connectivity index (χ4n) is 1.91. The molecule has 0 aliphatic carbocycles. The molecule has 132 valence electrons. The molecule has 0 saturated heterocycles. The van der Waals surface area contributed by atoms with Crippen LogP contribution in [0.3, 0.4) is 0 Å². The summed E-state index contributed by atoms with van der Waals surface area (Å²) in [6.45, 7) is 0.931. The Balaban J connectivity index is 0.00000288. The zero-order chi connectivity index (χ0) is 16.9. The van der Waals surface area contributed by atoms with Crippen molar-refractivity contribution in [3.8, 4) is 0 Å². The molecule has 0 unspecified atom stereocenters. The summed E-state index contributed by atoms with van der Waals surface area (Å²) < 4.78 is 22.3. The van der Waals surface area contributed by atoms with E-state index in [0.29, 0.717) is 31.6 Å². The summed E-state index contributed by atoms with van der Waals surface area (Å²) in [6.07, 6.45) is 1.24. The predicted octanol–water partition coefficient (Wildman–Crippen LogP) is 0.686. The number of rotatable bonds is 7. The van der Waals surface area contributed by atoms with Crippen molar-refractivity contribution < 1.29 is 13.2 Å². The molecule has 5 N–H and O–H groups in total. The van der Waals surface area contributed by atoms with Gasteiger partial charge in [0.1, 0.15) is 5.69 Å². The molecule has 1 amide bonds. The summed E-state index contributed by atoms with van der Waals surface area (Å²) in [7, 11) is -3.68. The fraction of sp³-hybridized carbons (Fsp3) is 0.286. The molecule has 7 nitrogen and oxygen atoms in total. The molecule has 2 aromatic rings. The van der Waals surface area contributed by atoms with Crippen LogP contribution in [-0.4, -0.2) is 32.4 Å². The molecule has 0 saturated carbocycles. The van der Waals surface area contributed by atoms with Crippen LogP contribution in [0.15, 0.2) is 34.5 Å². The van der Waals surface area contributed by atoms with Crippen LogP contribution in [-0.2, 0) is 22.9 Å². The van der Waals surface area contributed by atoms with Gasteiger partial charge in [-0.3, -0.25) is 4.79 Å². The van der Waals surface area contributed by atoms with E-state index >= 15 is 0 Å². The maximum absolute atomic E-state index is 11.9. The van der Waals surface area contributed by atoms with Crippen molar-refractivity contribution >= 4 is 39.7 Å². The van der Waals surface area contributed by atoms with Crippen molar-refractivity contribution in [2.75, 3.05) is 13.1 Å². The van der Waals surface area contributed by atoms with Crippen molar-refractivity contribution in [2.45, 2.75) is 17.7 Å². The fourth-order valence-corrected chi connectivity index (χ4v) is 3.22. The number of sulfonamides is 1. The van der Waals surface area contributed by atoms with Crippen LogP contribution in [0.2, 0.25) is 0 Å². The SMILES string of the molecule is Cl.NCCc1nc(C(=O)NCCc2ccc(S(N)(=O)=O)cc2)cs1. The lowest BCUT2D eigenvalue weighted by Crippen LogP contribution is -2.26. The van der Waals surface area contributed by atoms with E-state index in [4.69, 9.17) is 10.9 Å². The van der Waals surface area contributed by atoms with Crippen molar-refractivity contribution in [1.82, 2.24) is 10.3 Å². The highest BCUT2D eigenvalue weighted by atomic mass is 35.5. The van der Waals surface area contributed by atoms with Gasteiger partial charge in [0.25, 0.3) is 5.91 Å². The Hall–Kier alpha value is -1.52. The minimum absolute atomic E-state index is 0. The lowest BCUT2D eigenvalue weighted by molar-refractivity contribution is 0.0949. The number of primary sulfonamides is 1. The van der Waals surface area contributed by atoms with E-state index in [1.807, 2.05) is 0 Å². The number of hydrogen-bond acceptors (Lipinski definition) is 6. The van der Waals surface area contributed by atoms with E-state index in [1.165, 1.54) is 23.5 Å². The highest BCUT2D eigenvalue weighted by molar-refractivity contribution is 7.89. The summed E-state index contributed by atoms with van der Waals surface area (Å²) in [5, 5.41) is 10.4. The van der Waals surface area contributed by atoms with Crippen molar-refractivity contribution in [1.29, 1.82) is 0 Å². The molecule has 0 fully saturated rings. The quantitative estimate of drug-likeness (QED) is 0.640. The maximum Gasteiger partial charge on any atom is 0.270 e. The third kappa shape index (κ3) is 5.84. The lowest BCUT2D eigenvalue weighted by atomic mass is 10.1. The second-order valence-electron chi connectivity index (χ2n) is 4.86. The van der Waals surface area contributed by atoms with E-state index in [2.05, 4.69) is 10.3 Å². The molecule has 0 spiro atoms. The highest BCUT2D eigenvalue weighted by Gasteiger charge is 2.10. The van der Waals surface area contributed by atoms with Crippen LogP contribution in [0.1, 0.15) is 21.1 Å². The van der Waals surface area contributed by atoms with Gasteiger partial charge in [-0.2, -0.15) is 0 Å². The lowest BCUT2D eigenvalue weighted by Gasteiger charge is -2.04. The number of carbonyl (C=O) groups is 1. The van der Waals surface area contributed by atoms with Crippen LogP contribution in [0.5, 0.6) is 0 Å². The second-order valence-corrected chi connectivity index (χ2v) is 7.36. The standard InChI is InChI=1S/C14H18N4O3S2.ClH/c15-7-5-13-18-12(9-22-13)14(19)17-8-6-10-1-3-11(4-2-10)23(16,20)21;/h1-4,9H,5-8,15H2,(H,17,19)(H2,16,20,21);1H. The van der Waals surface area contributed by atoms with Gasteiger partial charge in [0, 0.05) is 18.3 Å². The van der Waals surface area contributed by atoms with Gasteiger partial charge in [-0.25, -0.2) is 18.5 Å². The van der Waals surface area contributed by atoms with Gasteiger partial charge < -0.3 is 11.1 Å². The molecule has 0 bridgehead atoms. The third-order valence-corrected chi connectivity index (χ3v) is 4.93. The number of carbonyl (C=O) groups excluding carboxylic acids is 1. The van der Waals surface area contributed by atoms with Gasteiger partial charge in [0.2, 0.25) is 10.0 Å². The first-order valence-electron chi connectivity index (χ1n) is 6.94. The van der Waals surface area contributed by atoms with Crippen LogP contribution in [0.4, 0.5) is 0 Å². The summed E-state index contributed by atoms with van der Waals surface area (Å²) in [5.41, 5.74) is 6.74. The molecule has 1 heterocycles. The Bertz CT molecular complexity index is 776. The first-order chi connectivity index (χ1) is 10.9. The topological polar surface area (TPSA) is 128 Å². The van der Waals surface area contributed by atoms with Crippen LogP contribution in [0, 0.1) is 0 Å². The van der Waals surface area contributed by atoms with E-state index in [9.17, 15) is 13.2 Å². The third-order valence-electron chi connectivity index (χ3n) is 3.09. The number of benzene rings is 1. The van der Waals surface area contributed by atoms with E-state index in [-0.39, 0.29) is 23.2 Å². The Labute approximate surface area is 150 Å². The molecular formula is C14H19ClN4O3S2. The van der Waals surface area contributed by atoms with Crippen LogP contribution >= 0.6 is 23.7 Å². The minimum Gasteiger partial charge on any atom is -0.350 e. The molecule has 1 aromatic carbocycles. The predicted molar refractivity (Wildman–Crippen MR) is 96.0 cm³/mol. The minimum atomic E-state index is -3.68. The van der Waals surface area contributed by atoms with Crippen LogP contribution < -0.4 is 16.2 Å². The Morgan fingerprint density at radius 3 is 2.46 bits per heavy atom. The van der Waals surface area contributed by atoms with Crippen molar-refractivity contribution in [3.63, 3.8) is 0 Å². The number of thiazole rings is 1. The number of nitrogens with one attached hydrogen (secondary N) is 1. The van der Waals surface area contributed by atoms with Gasteiger partial charge >= 0.3 is 0 Å². The number of aromatic nitrogens is 1. The molecule has 10 heteroatoms. The second kappa shape index (κ2) is 9.09. The average molecular weight is 391 g/mol. The Morgan fingerprint density at radius 2 is 1.88 bits per heavy atom. The van der Waals surface area contributed by atoms with Gasteiger partial charge in [-0.05, 0) is 30.7 Å². The van der Waals surface area contributed by atoms with Gasteiger partial charge in [0.05, 0.1) is 9.90 Å². The monoisotopic (exact) mass is 390 g/mol. The zero-order valence-electron chi connectivity index (χ0n) is 12.8.